The molecule has 0 aliphatic heterocycles. The van der Waals surface area contributed by atoms with Crippen molar-refractivity contribution < 1.29 is 9.18 Å². The molecule has 2 N–H and O–H groups in total. The Morgan fingerprint density at radius 2 is 1.79 bits per heavy atom. The van der Waals surface area contributed by atoms with Gasteiger partial charge in [-0.05, 0) is 37.1 Å². The van der Waals surface area contributed by atoms with Gasteiger partial charge < -0.3 is 10.6 Å². The van der Waals surface area contributed by atoms with E-state index in [1.54, 1.807) is 19.2 Å². The highest BCUT2D eigenvalue weighted by molar-refractivity contribution is 7.80. The number of benzene rings is 1. The van der Waals surface area contributed by atoms with Gasteiger partial charge in [0.1, 0.15) is 5.82 Å². The molecule has 0 aliphatic carbocycles. The van der Waals surface area contributed by atoms with Crippen molar-refractivity contribution in [1.82, 2.24) is 0 Å². The van der Waals surface area contributed by atoms with Crippen LogP contribution in [-0.4, -0.2) is 17.9 Å². The monoisotopic (exact) mass is 282 g/mol. The molecule has 0 atom stereocenters. The molecule has 1 aromatic rings. The number of hydrogen-bond donors (Lipinski definition) is 1. The van der Waals surface area contributed by atoms with Crippen molar-refractivity contribution >= 4 is 28.8 Å². The van der Waals surface area contributed by atoms with Crippen molar-refractivity contribution in [3.8, 4) is 0 Å². The van der Waals surface area contributed by atoms with Crippen LogP contribution in [0.1, 0.15) is 26.7 Å². The summed E-state index contributed by atoms with van der Waals surface area (Å²) in [5, 5.41) is 0. The molecule has 0 saturated carbocycles. The highest BCUT2D eigenvalue weighted by Gasteiger charge is 2.40. The summed E-state index contributed by atoms with van der Waals surface area (Å²) >= 11 is 5.06. The standard InChI is InChI=1S/C14H19FN2OS/c1-4-14(5-2,12(16)19)13(18)17(3)11-8-6-10(15)7-9-11/h6-9H,4-5H2,1-3H3,(H2,16,19). The van der Waals surface area contributed by atoms with E-state index >= 15 is 0 Å². The summed E-state index contributed by atoms with van der Waals surface area (Å²) < 4.78 is 12.9. The first kappa shape index (κ1) is 15.6. The number of nitrogens with zero attached hydrogens (tertiary/aromatic N) is 1. The molecule has 0 aliphatic rings. The fourth-order valence-electron chi connectivity index (χ4n) is 2.11. The van der Waals surface area contributed by atoms with Crippen LogP contribution in [0.25, 0.3) is 0 Å². The lowest BCUT2D eigenvalue weighted by molar-refractivity contribution is -0.124. The minimum Gasteiger partial charge on any atom is -0.392 e. The SMILES string of the molecule is CCC(CC)(C(=O)N(C)c1ccc(F)cc1)C(N)=S. The van der Waals surface area contributed by atoms with Crippen LogP contribution in [0.2, 0.25) is 0 Å². The summed E-state index contributed by atoms with van der Waals surface area (Å²) in [6.45, 7) is 3.78. The summed E-state index contributed by atoms with van der Waals surface area (Å²) in [6.07, 6.45) is 1.09. The predicted octanol–water partition coefficient (Wildman–Crippen LogP) is 2.88. The lowest BCUT2D eigenvalue weighted by Gasteiger charge is -2.33. The summed E-state index contributed by atoms with van der Waals surface area (Å²) in [6, 6.07) is 5.75. The first-order valence-electron chi connectivity index (χ1n) is 6.22. The zero-order chi connectivity index (χ0) is 14.6. The molecule has 0 spiro atoms. The van der Waals surface area contributed by atoms with Gasteiger partial charge in [0.25, 0.3) is 0 Å². The number of thiocarbonyl (C=S) groups is 1. The minimum atomic E-state index is -0.835. The maximum absolute atomic E-state index is 12.9. The van der Waals surface area contributed by atoms with E-state index in [1.807, 2.05) is 13.8 Å². The number of carbonyl (C=O) groups excluding carboxylic acids is 1. The predicted molar refractivity (Wildman–Crippen MR) is 79.6 cm³/mol. The maximum atomic E-state index is 12.9. The third-order valence-electron chi connectivity index (χ3n) is 3.61. The quantitative estimate of drug-likeness (QED) is 0.845. The van der Waals surface area contributed by atoms with Gasteiger partial charge in [0.15, 0.2) is 0 Å². The number of halogens is 1. The van der Waals surface area contributed by atoms with Crippen LogP contribution in [0.5, 0.6) is 0 Å². The number of anilines is 1. The Balaban J connectivity index is 3.10. The molecule has 1 aromatic carbocycles. The molecule has 3 nitrogen and oxygen atoms in total. The van der Waals surface area contributed by atoms with Crippen molar-refractivity contribution in [2.45, 2.75) is 26.7 Å². The van der Waals surface area contributed by atoms with Crippen molar-refractivity contribution in [3.63, 3.8) is 0 Å². The zero-order valence-electron chi connectivity index (χ0n) is 11.4. The molecule has 0 aromatic heterocycles. The minimum absolute atomic E-state index is 0.156. The van der Waals surface area contributed by atoms with Crippen molar-refractivity contribution in [2.24, 2.45) is 11.1 Å². The molecule has 0 heterocycles. The number of nitrogens with two attached hydrogens (primary N) is 1. The topological polar surface area (TPSA) is 46.3 Å². The van der Waals surface area contributed by atoms with Crippen LogP contribution in [0.15, 0.2) is 24.3 Å². The van der Waals surface area contributed by atoms with Gasteiger partial charge in [0.2, 0.25) is 5.91 Å². The Hall–Kier alpha value is -1.49. The van der Waals surface area contributed by atoms with Crippen LogP contribution in [0, 0.1) is 11.2 Å². The molecular weight excluding hydrogens is 263 g/mol. The largest absolute Gasteiger partial charge is 0.392 e. The van der Waals surface area contributed by atoms with Crippen molar-refractivity contribution in [1.29, 1.82) is 0 Å². The molecule has 1 amide bonds. The second-order valence-electron chi connectivity index (χ2n) is 4.49. The Kier molecular flexibility index (Phi) is 5.00. The number of amides is 1. The van der Waals surface area contributed by atoms with E-state index in [2.05, 4.69) is 0 Å². The highest BCUT2D eigenvalue weighted by atomic mass is 32.1. The van der Waals surface area contributed by atoms with Gasteiger partial charge in [-0.1, -0.05) is 26.1 Å². The first-order chi connectivity index (χ1) is 8.89. The third kappa shape index (κ3) is 2.92. The van der Waals surface area contributed by atoms with E-state index in [9.17, 15) is 9.18 Å². The summed E-state index contributed by atoms with van der Waals surface area (Å²) in [7, 11) is 1.65. The van der Waals surface area contributed by atoms with Crippen LogP contribution in [-0.2, 0) is 4.79 Å². The fourth-order valence-corrected chi connectivity index (χ4v) is 2.49. The molecule has 0 saturated heterocycles. The second kappa shape index (κ2) is 6.10. The lowest BCUT2D eigenvalue weighted by Crippen LogP contribution is -2.49. The Bertz CT molecular complexity index is 469. The third-order valence-corrected chi connectivity index (χ3v) is 4.00. The van der Waals surface area contributed by atoms with Crippen molar-refractivity contribution in [3.05, 3.63) is 30.1 Å². The molecule has 0 bridgehead atoms. The van der Waals surface area contributed by atoms with E-state index in [0.29, 0.717) is 18.5 Å². The summed E-state index contributed by atoms with van der Waals surface area (Å²) in [4.78, 5) is 14.3. The van der Waals surface area contributed by atoms with Crippen LogP contribution in [0.4, 0.5) is 10.1 Å². The molecule has 104 valence electrons. The van der Waals surface area contributed by atoms with Gasteiger partial charge >= 0.3 is 0 Å². The number of rotatable bonds is 5. The summed E-state index contributed by atoms with van der Waals surface area (Å²) in [5.74, 6) is -0.493. The lowest BCUT2D eigenvalue weighted by atomic mass is 9.80. The van der Waals surface area contributed by atoms with E-state index in [0.717, 1.165) is 0 Å². The van der Waals surface area contributed by atoms with Gasteiger partial charge in [-0.15, -0.1) is 0 Å². The second-order valence-corrected chi connectivity index (χ2v) is 4.93. The van der Waals surface area contributed by atoms with Gasteiger partial charge in [0.05, 0.1) is 10.4 Å². The molecule has 0 unspecified atom stereocenters. The first-order valence-corrected chi connectivity index (χ1v) is 6.63. The van der Waals surface area contributed by atoms with E-state index in [4.69, 9.17) is 18.0 Å². The zero-order valence-corrected chi connectivity index (χ0v) is 12.3. The molecule has 19 heavy (non-hydrogen) atoms. The van der Waals surface area contributed by atoms with Gasteiger partial charge in [-0.3, -0.25) is 4.79 Å². The smallest absolute Gasteiger partial charge is 0.239 e. The van der Waals surface area contributed by atoms with E-state index in [1.165, 1.54) is 17.0 Å². The molecule has 0 fully saturated rings. The van der Waals surface area contributed by atoms with E-state index in [-0.39, 0.29) is 16.7 Å². The number of hydrogen-bond acceptors (Lipinski definition) is 2. The Labute approximate surface area is 118 Å². The van der Waals surface area contributed by atoms with Gasteiger partial charge in [-0.2, -0.15) is 0 Å². The van der Waals surface area contributed by atoms with Gasteiger partial charge in [-0.25, -0.2) is 4.39 Å². The summed E-state index contributed by atoms with van der Waals surface area (Å²) in [5.41, 5.74) is 5.54. The molecule has 0 radical (unpaired) electrons. The average Bonchev–Trinajstić information content (AvgIpc) is 2.40. The highest BCUT2D eigenvalue weighted by Crippen LogP contribution is 2.31. The van der Waals surface area contributed by atoms with Crippen LogP contribution in [0.3, 0.4) is 0 Å². The fraction of sp³-hybridized carbons (Fsp3) is 0.429. The van der Waals surface area contributed by atoms with E-state index < -0.39 is 5.41 Å². The molecule has 1 rings (SSSR count). The number of carbonyl (C=O) groups is 1. The Morgan fingerprint density at radius 3 is 2.16 bits per heavy atom. The molecular formula is C14H19FN2OS. The average molecular weight is 282 g/mol. The maximum Gasteiger partial charge on any atom is 0.239 e. The van der Waals surface area contributed by atoms with Gasteiger partial charge in [0, 0.05) is 12.7 Å². The Morgan fingerprint density at radius 1 is 1.32 bits per heavy atom. The van der Waals surface area contributed by atoms with Crippen LogP contribution < -0.4 is 10.6 Å². The normalized spacial score (nSPS) is 11.2. The van der Waals surface area contributed by atoms with Crippen LogP contribution >= 0.6 is 12.2 Å². The van der Waals surface area contributed by atoms with Crippen molar-refractivity contribution in [2.75, 3.05) is 11.9 Å². The molecule has 5 heteroatoms.